The molecule has 9 nitrogen and oxygen atoms in total. The van der Waals surface area contributed by atoms with Crippen LogP contribution >= 0.6 is 0 Å². The summed E-state index contributed by atoms with van der Waals surface area (Å²) in [5, 5.41) is 9.49. The Balaban J connectivity index is 1.92. The first kappa shape index (κ1) is 14.0. The van der Waals surface area contributed by atoms with E-state index < -0.39 is 11.5 Å². The summed E-state index contributed by atoms with van der Waals surface area (Å²) in [6.45, 7) is 4.02. The number of nitrogens with one attached hydrogen (secondary N) is 2. The lowest BCUT2D eigenvalue weighted by atomic mass is 10.2. The third-order valence-electron chi connectivity index (χ3n) is 3.47. The number of fused-ring (bicyclic) bond motifs is 1. The summed E-state index contributed by atoms with van der Waals surface area (Å²) in [6, 6.07) is 1.82. The van der Waals surface area contributed by atoms with Crippen molar-refractivity contribution >= 4 is 17.5 Å². The van der Waals surface area contributed by atoms with Gasteiger partial charge in [-0.2, -0.15) is 9.61 Å². The molecular formula is C13H15N7O2. The van der Waals surface area contributed by atoms with Gasteiger partial charge in [0.2, 0.25) is 0 Å². The number of aromatic nitrogens is 6. The molecule has 0 fully saturated rings. The predicted molar refractivity (Wildman–Crippen MR) is 78.8 cm³/mol. The molecule has 3 aromatic heterocycles. The molecule has 0 saturated heterocycles. The van der Waals surface area contributed by atoms with Crippen LogP contribution in [0.25, 0.3) is 5.78 Å². The Hall–Kier alpha value is -2.97. The maximum absolute atomic E-state index is 12.3. The van der Waals surface area contributed by atoms with E-state index in [9.17, 15) is 9.59 Å². The fraction of sp³-hybridized carbons (Fsp3) is 0.308. The lowest BCUT2D eigenvalue weighted by molar-refractivity contribution is 0.102. The number of carbonyl (C=O) groups excluding carboxylic acids is 1. The van der Waals surface area contributed by atoms with Gasteiger partial charge in [0.05, 0.1) is 12.2 Å². The molecule has 0 unspecified atom stereocenters. The normalized spacial score (nSPS) is 12.5. The highest BCUT2D eigenvalue weighted by Gasteiger charge is 2.17. The van der Waals surface area contributed by atoms with Crippen LogP contribution in [0.3, 0.4) is 0 Å². The molecule has 0 bridgehead atoms. The summed E-state index contributed by atoms with van der Waals surface area (Å²) in [4.78, 5) is 32.3. The number of hydrogen-bond donors (Lipinski definition) is 2. The van der Waals surface area contributed by atoms with E-state index >= 15 is 0 Å². The Kier molecular flexibility index (Phi) is 3.45. The molecule has 9 heteroatoms. The zero-order valence-corrected chi connectivity index (χ0v) is 12.1. The van der Waals surface area contributed by atoms with Gasteiger partial charge in [-0.25, -0.2) is 14.6 Å². The van der Waals surface area contributed by atoms with Crippen molar-refractivity contribution in [3.05, 3.63) is 40.7 Å². The number of nitrogens with zero attached hydrogens (tertiary/aromatic N) is 5. The van der Waals surface area contributed by atoms with E-state index in [1.165, 1.54) is 12.5 Å². The largest absolute Gasteiger partial charge is 0.307 e. The highest BCUT2D eigenvalue weighted by Crippen LogP contribution is 2.16. The Bertz CT molecular complexity index is 876. The number of hydrogen-bond acceptors (Lipinski definition) is 5. The summed E-state index contributed by atoms with van der Waals surface area (Å²) in [5.41, 5.74) is -0.576. The van der Waals surface area contributed by atoms with Crippen molar-refractivity contribution in [3.8, 4) is 0 Å². The zero-order chi connectivity index (χ0) is 15.7. The van der Waals surface area contributed by atoms with Crippen LogP contribution in [-0.2, 0) is 0 Å². The number of H-pyrrole nitrogens is 1. The summed E-state index contributed by atoms with van der Waals surface area (Å²) in [7, 11) is 0. The van der Waals surface area contributed by atoms with E-state index in [4.69, 9.17) is 0 Å². The Morgan fingerprint density at radius 3 is 3.05 bits per heavy atom. The number of rotatable bonds is 4. The number of amides is 1. The minimum Gasteiger partial charge on any atom is -0.307 e. The van der Waals surface area contributed by atoms with Crippen molar-refractivity contribution in [1.82, 2.24) is 29.4 Å². The van der Waals surface area contributed by atoms with Crippen LogP contribution in [0.15, 0.2) is 29.6 Å². The molecule has 1 atom stereocenters. The first-order chi connectivity index (χ1) is 10.6. The number of anilines is 1. The van der Waals surface area contributed by atoms with Crippen LogP contribution in [0.4, 0.5) is 5.82 Å². The first-order valence-corrected chi connectivity index (χ1v) is 6.87. The fourth-order valence-corrected chi connectivity index (χ4v) is 2.08. The predicted octanol–water partition coefficient (Wildman–Crippen LogP) is 0.837. The smallest absolute Gasteiger partial charge is 0.286 e. The Morgan fingerprint density at radius 1 is 1.45 bits per heavy atom. The van der Waals surface area contributed by atoms with Gasteiger partial charge in [0.1, 0.15) is 17.7 Å². The highest BCUT2D eigenvalue weighted by atomic mass is 16.2. The Morgan fingerprint density at radius 2 is 2.27 bits per heavy atom. The van der Waals surface area contributed by atoms with Gasteiger partial charge in [-0.05, 0) is 13.3 Å². The molecule has 0 aliphatic heterocycles. The van der Waals surface area contributed by atoms with Crippen molar-refractivity contribution in [2.24, 2.45) is 0 Å². The van der Waals surface area contributed by atoms with Crippen LogP contribution in [0, 0.1) is 0 Å². The van der Waals surface area contributed by atoms with E-state index in [1.807, 2.05) is 13.8 Å². The van der Waals surface area contributed by atoms with Gasteiger partial charge in [0.25, 0.3) is 17.2 Å². The molecule has 22 heavy (non-hydrogen) atoms. The topological polar surface area (TPSA) is 110 Å². The van der Waals surface area contributed by atoms with E-state index in [0.29, 0.717) is 5.82 Å². The van der Waals surface area contributed by atoms with Crippen molar-refractivity contribution in [3.63, 3.8) is 0 Å². The molecule has 3 aromatic rings. The number of carbonyl (C=O) groups is 1. The molecule has 3 heterocycles. The monoisotopic (exact) mass is 301 g/mol. The van der Waals surface area contributed by atoms with Gasteiger partial charge < -0.3 is 5.32 Å². The molecule has 0 aliphatic carbocycles. The van der Waals surface area contributed by atoms with Gasteiger partial charge in [-0.3, -0.25) is 14.7 Å². The molecule has 3 rings (SSSR count). The highest BCUT2D eigenvalue weighted by molar-refractivity contribution is 6.03. The van der Waals surface area contributed by atoms with E-state index in [0.717, 1.165) is 10.9 Å². The van der Waals surface area contributed by atoms with Crippen LogP contribution < -0.4 is 10.9 Å². The molecule has 0 spiro atoms. The van der Waals surface area contributed by atoms with E-state index in [-0.39, 0.29) is 17.4 Å². The van der Waals surface area contributed by atoms with Crippen molar-refractivity contribution < 1.29 is 4.79 Å². The van der Waals surface area contributed by atoms with Gasteiger partial charge in [-0.15, -0.1) is 0 Å². The summed E-state index contributed by atoms with van der Waals surface area (Å²) in [6.07, 6.45) is 5.03. The third kappa shape index (κ3) is 2.26. The van der Waals surface area contributed by atoms with E-state index in [1.54, 1.807) is 16.9 Å². The number of aromatic amines is 1. The van der Waals surface area contributed by atoms with Gasteiger partial charge in [0, 0.05) is 12.3 Å². The van der Waals surface area contributed by atoms with Gasteiger partial charge in [-0.1, -0.05) is 6.92 Å². The first-order valence-electron chi connectivity index (χ1n) is 6.87. The van der Waals surface area contributed by atoms with Crippen LogP contribution in [0.5, 0.6) is 0 Å². The van der Waals surface area contributed by atoms with Gasteiger partial charge >= 0.3 is 0 Å². The van der Waals surface area contributed by atoms with Crippen LogP contribution in [0.1, 0.15) is 36.7 Å². The van der Waals surface area contributed by atoms with Crippen LogP contribution in [0.2, 0.25) is 0 Å². The minimum atomic E-state index is -0.536. The molecule has 114 valence electrons. The average Bonchev–Trinajstić information content (AvgIpc) is 3.15. The zero-order valence-electron chi connectivity index (χ0n) is 12.1. The second-order valence-electron chi connectivity index (χ2n) is 4.87. The lowest BCUT2D eigenvalue weighted by Crippen LogP contribution is -2.28. The van der Waals surface area contributed by atoms with E-state index in [2.05, 4.69) is 25.5 Å². The molecule has 1 amide bonds. The third-order valence-corrected chi connectivity index (χ3v) is 3.47. The second kappa shape index (κ2) is 5.43. The fourth-order valence-electron chi connectivity index (χ4n) is 2.08. The molecule has 2 N–H and O–H groups in total. The Labute approximate surface area is 125 Å². The quantitative estimate of drug-likeness (QED) is 0.742. The van der Waals surface area contributed by atoms with Crippen molar-refractivity contribution in [1.29, 1.82) is 0 Å². The summed E-state index contributed by atoms with van der Waals surface area (Å²) >= 11 is 0. The second-order valence-corrected chi connectivity index (χ2v) is 4.87. The van der Waals surface area contributed by atoms with Crippen LogP contribution in [-0.4, -0.2) is 35.3 Å². The van der Waals surface area contributed by atoms with Gasteiger partial charge in [0.15, 0.2) is 0 Å². The molecule has 0 radical (unpaired) electrons. The maximum Gasteiger partial charge on any atom is 0.286 e. The average molecular weight is 301 g/mol. The van der Waals surface area contributed by atoms with Crippen molar-refractivity contribution in [2.75, 3.05) is 5.32 Å². The molecule has 0 saturated carbocycles. The summed E-state index contributed by atoms with van der Waals surface area (Å²) < 4.78 is 2.82. The maximum atomic E-state index is 12.3. The van der Waals surface area contributed by atoms with Crippen molar-refractivity contribution in [2.45, 2.75) is 26.3 Å². The molecule has 0 aliphatic rings. The molecule has 0 aromatic carbocycles. The summed E-state index contributed by atoms with van der Waals surface area (Å²) in [5.74, 6) is 0.214. The molecular weight excluding hydrogens is 286 g/mol. The lowest BCUT2D eigenvalue weighted by Gasteiger charge is -2.13. The minimum absolute atomic E-state index is 0.0707. The SMILES string of the molecule is CC[C@H](C)n1nccc1NC(=O)c1cnc2nc[nH]n2c1=O. The standard InChI is InChI=1S/C13H15N7O2/c1-3-8(2)19-10(4-5-16-19)18-11(21)9-6-14-13-15-7-17-20(13)12(9)22/h4-8H,3H2,1-2H3,(H,18,21)(H,14,15,17)/t8-/m0/s1.